The number of rotatable bonds is 3. The molecule has 0 saturated carbocycles. The van der Waals surface area contributed by atoms with E-state index >= 15 is 0 Å². The number of hydrazine groups is 1. The van der Waals surface area contributed by atoms with Crippen LogP contribution in [0.3, 0.4) is 0 Å². The van der Waals surface area contributed by atoms with Gasteiger partial charge in [0.2, 0.25) is 0 Å². The van der Waals surface area contributed by atoms with Crippen LogP contribution in [0.4, 0.5) is 0 Å². The third kappa shape index (κ3) is 1.64. The van der Waals surface area contributed by atoms with E-state index in [9.17, 15) is 0 Å². The molecule has 0 aromatic rings. The van der Waals surface area contributed by atoms with E-state index in [1.165, 1.54) is 0 Å². The predicted molar refractivity (Wildman–Crippen MR) is 53.6 cm³/mol. The van der Waals surface area contributed by atoms with Gasteiger partial charge in [0.25, 0.3) is 0 Å². The summed E-state index contributed by atoms with van der Waals surface area (Å²) < 4.78 is 1.05. The first-order valence-corrected chi connectivity index (χ1v) is 4.68. The molecule has 0 radical (unpaired) electrons. The topological polar surface area (TPSA) is 39.3 Å². The molecule has 0 amide bonds. The number of nitrogens with zero attached hydrogens (tertiary/aromatic N) is 1. The molecule has 0 aromatic carbocycles. The van der Waals surface area contributed by atoms with Crippen LogP contribution in [0, 0.1) is 0 Å². The van der Waals surface area contributed by atoms with Crippen molar-refractivity contribution in [2.24, 2.45) is 0 Å². The third-order valence-corrected chi connectivity index (χ3v) is 2.85. The molecular formula is C7H15BrN4. The zero-order valence-corrected chi connectivity index (χ0v) is 9.20. The molecule has 1 aliphatic heterocycles. The van der Waals surface area contributed by atoms with Crippen molar-refractivity contribution >= 4 is 15.9 Å². The van der Waals surface area contributed by atoms with Crippen molar-refractivity contribution in [1.29, 1.82) is 0 Å². The van der Waals surface area contributed by atoms with Gasteiger partial charge in [-0.15, -0.1) is 0 Å². The zero-order valence-electron chi connectivity index (χ0n) is 7.61. The highest BCUT2D eigenvalue weighted by atomic mass is 79.9. The Morgan fingerprint density at radius 3 is 2.25 bits per heavy atom. The predicted octanol–water partition coefficient (Wildman–Crippen LogP) is -0.192. The van der Waals surface area contributed by atoms with E-state index in [1.54, 1.807) is 0 Å². The lowest BCUT2D eigenvalue weighted by molar-refractivity contribution is 0.238. The number of halogens is 1. The lowest BCUT2D eigenvalue weighted by Gasteiger charge is -2.28. The summed E-state index contributed by atoms with van der Waals surface area (Å²) in [6.07, 6.45) is 2.10. The minimum atomic E-state index is -0.123. The smallest absolute Gasteiger partial charge is 0.110 e. The molecule has 12 heavy (non-hydrogen) atoms. The number of hydrogen-bond donors (Lipinski definition) is 3. The summed E-state index contributed by atoms with van der Waals surface area (Å²) >= 11 is 3.47. The molecule has 0 fully saturated rings. The van der Waals surface area contributed by atoms with Gasteiger partial charge >= 0.3 is 0 Å². The highest BCUT2D eigenvalue weighted by Crippen LogP contribution is 2.23. The van der Waals surface area contributed by atoms with Gasteiger partial charge in [0.05, 0.1) is 11.2 Å². The van der Waals surface area contributed by atoms with E-state index in [0.717, 1.165) is 11.2 Å². The molecular weight excluding hydrogens is 220 g/mol. The SMILES string of the molecule is CNN1CC(NC)(NC)C=C1Br. The second kappa shape index (κ2) is 3.74. The Morgan fingerprint density at radius 1 is 1.42 bits per heavy atom. The average Bonchev–Trinajstić information content (AvgIpc) is 2.43. The molecule has 3 N–H and O–H groups in total. The van der Waals surface area contributed by atoms with E-state index < -0.39 is 0 Å². The van der Waals surface area contributed by atoms with E-state index in [0.29, 0.717) is 0 Å². The summed E-state index contributed by atoms with van der Waals surface area (Å²) in [5.74, 6) is 0. The molecule has 0 bridgehead atoms. The normalized spacial score (nSPS) is 21.3. The molecule has 4 nitrogen and oxygen atoms in total. The van der Waals surface area contributed by atoms with Gasteiger partial charge in [-0.25, -0.2) is 5.43 Å². The molecule has 0 unspecified atom stereocenters. The van der Waals surface area contributed by atoms with E-state index in [4.69, 9.17) is 0 Å². The number of nitrogens with one attached hydrogen (secondary N) is 3. The van der Waals surface area contributed by atoms with Crippen molar-refractivity contribution in [2.75, 3.05) is 27.7 Å². The first kappa shape index (κ1) is 9.98. The minimum Gasteiger partial charge on any atom is -0.299 e. The second-order valence-electron chi connectivity index (χ2n) is 2.75. The van der Waals surface area contributed by atoms with Crippen LogP contribution in [-0.4, -0.2) is 38.4 Å². The first-order valence-electron chi connectivity index (χ1n) is 3.88. The lowest BCUT2D eigenvalue weighted by Crippen LogP contribution is -2.56. The Labute approximate surface area is 81.5 Å². The van der Waals surface area contributed by atoms with Crippen molar-refractivity contribution in [3.8, 4) is 0 Å². The maximum atomic E-state index is 3.47. The summed E-state index contributed by atoms with van der Waals surface area (Å²) in [5, 5.41) is 8.47. The van der Waals surface area contributed by atoms with Gasteiger partial charge in [0.15, 0.2) is 0 Å². The van der Waals surface area contributed by atoms with Crippen LogP contribution in [0.25, 0.3) is 0 Å². The quantitative estimate of drug-likeness (QED) is 0.468. The summed E-state index contributed by atoms with van der Waals surface area (Å²) in [6.45, 7) is 0.858. The molecule has 1 rings (SSSR count). The molecule has 0 spiro atoms. The maximum absolute atomic E-state index is 3.47. The largest absolute Gasteiger partial charge is 0.299 e. The van der Waals surface area contributed by atoms with Gasteiger partial charge in [0.1, 0.15) is 5.66 Å². The highest BCUT2D eigenvalue weighted by Gasteiger charge is 2.33. The Kier molecular flexibility index (Phi) is 3.11. The van der Waals surface area contributed by atoms with Crippen LogP contribution in [0.15, 0.2) is 10.7 Å². The van der Waals surface area contributed by atoms with Crippen molar-refractivity contribution in [1.82, 2.24) is 21.1 Å². The fraction of sp³-hybridized carbons (Fsp3) is 0.714. The Balaban J connectivity index is 2.74. The van der Waals surface area contributed by atoms with Crippen molar-refractivity contribution < 1.29 is 0 Å². The van der Waals surface area contributed by atoms with Gasteiger partial charge < -0.3 is 0 Å². The van der Waals surface area contributed by atoms with Gasteiger partial charge in [-0.1, -0.05) is 0 Å². The maximum Gasteiger partial charge on any atom is 0.110 e. The Morgan fingerprint density at radius 2 is 2.00 bits per heavy atom. The van der Waals surface area contributed by atoms with E-state index in [-0.39, 0.29) is 5.66 Å². The van der Waals surface area contributed by atoms with Gasteiger partial charge in [-0.05, 0) is 36.1 Å². The number of hydrogen-bond acceptors (Lipinski definition) is 4. The van der Waals surface area contributed by atoms with Crippen LogP contribution in [0.1, 0.15) is 0 Å². The summed E-state index contributed by atoms with van der Waals surface area (Å²) in [4.78, 5) is 0. The molecule has 70 valence electrons. The van der Waals surface area contributed by atoms with Crippen molar-refractivity contribution in [3.05, 3.63) is 10.7 Å². The van der Waals surface area contributed by atoms with Gasteiger partial charge in [-0.3, -0.25) is 15.6 Å². The van der Waals surface area contributed by atoms with E-state index in [2.05, 4.69) is 38.1 Å². The van der Waals surface area contributed by atoms with Crippen LogP contribution in [0.5, 0.6) is 0 Å². The van der Waals surface area contributed by atoms with Crippen molar-refractivity contribution in [3.63, 3.8) is 0 Å². The first-order chi connectivity index (χ1) is 5.67. The van der Waals surface area contributed by atoms with Gasteiger partial charge in [0, 0.05) is 7.05 Å². The summed E-state index contributed by atoms with van der Waals surface area (Å²) in [6, 6.07) is 0. The van der Waals surface area contributed by atoms with Crippen LogP contribution < -0.4 is 16.1 Å². The Bertz CT molecular complexity index is 188. The monoisotopic (exact) mass is 234 g/mol. The standard InChI is InChI=1S/C7H15BrN4/c1-9-7(10-2)4-6(8)12(5-7)11-3/h4,9-11H,5H2,1-3H3. The molecule has 0 saturated heterocycles. The second-order valence-corrected chi connectivity index (χ2v) is 3.56. The zero-order chi connectivity index (χ0) is 9.19. The molecule has 0 aliphatic carbocycles. The van der Waals surface area contributed by atoms with Gasteiger partial charge in [-0.2, -0.15) is 0 Å². The molecule has 0 atom stereocenters. The third-order valence-electron chi connectivity index (χ3n) is 2.19. The number of likely N-dealkylation sites (N-methyl/N-ethyl adjacent to an activating group) is 2. The highest BCUT2D eigenvalue weighted by molar-refractivity contribution is 9.11. The molecule has 0 aromatic heterocycles. The minimum absolute atomic E-state index is 0.123. The fourth-order valence-corrected chi connectivity index (χ4v) is 1.96. The van der Waals surface area contributed by atoms with E-state index in [1.807, 2.05) is 26.2 Å². The summed E-state index contributed by atoms with van der Waals surface area (Å²) in [7, 11) is 5.77. The Hall–Kier alpha value is -0.100. The van der Waals surface area contributed by atoms with Crippen LogP contribution in [-0.2, 0) is 0 Å². The molecule has 1 aliphatic rings. The van der Waals surface area contributed by atoms with Crippen LogP contribution in [0.2, 0.25) is 0 Å². The average molecular weight is 235 g/mol. The molecule has 5 heteroatoms. The van der Waals surface area contributed by atoms with Crippen molar-refractivity contribution in [2.45, 2.75) is 5.66 Å². The lowest BCUT2D eigenvalue weighted by atomic mass is 10.2. The summed E-state index contributed by atoms with van der Waals surface area (Å²) in [5.41, 5.74) is 2.95. The van der Waals surface area contributed by atoms with Crippen LogP contribution >= 0.6 is 15.9 Å². The fourth-order valence-electron chi connectivity index (χ4n) is 1.27. The molecule has 1 heterocycles.